The fourth-order valence-electron chi connectivity index (χ4n) is 1.76. The molecule has 0 radical (unpaired) electrons. The quantitative estimate of drug-likeness (QED) is 0.806. The van der Waals surface area contributed by atoms with Crippen LogP contribution >= 0.6 is 15.9 Å². The largest absolute Gasteiger partial charge is 0.486 e. The van der Waals surface area contributed by atoms with Gasteiger partial charge < -0.3 is 10.5 Å². The predicted octanol–water partition coefficient (Wildman–Crippen LogP) is 2.65. The van der Waals surface area contributed by atoms with E-state index in [9.17, 15) is 0 Å². The molecule has 96 valence electrons. The van der Waals surface area contributed by atoms with Gasteiger partial charge in [-0.25, -0.2) is 0 Å². The zero-order valence-corrected chi connectivity index (χ0v) is 11.5. The van der Waals surface area contributed by atoms with E-state index in [1.807, 2.05) is 40.9 Å². The maximum Gasteiger partial charge on any atom is 0.184 e. The van der Waals surface area contributed by atoms with E-state index in [0.717, 1.165) is 10.2 Å². The van der Waals surface area contributed by atoms with Crippen molar-refractivity contribution in [3.05, 3.63) is 52.9 Å². The lowest BCUT2D eigenvalue weighted by molar-refractivity contribution is 0.294. The lowest BCUT2D eigenvalue weighted by atomic mass is 10.3. The summed E-state index contributed by atoms with van der Waals surface area (Å²) >= 11 is 3.38. The smallest absolute Gasteiger partial charge is 0.184 e. The van der Waals surface area contributed by atoms with Crippen molar-refractivity contribution in [3.8, 4) is 5.75 Å². The summed E-state index contributed by atoms with van der Waals surface area (Å²) < 4.78 is 8.51. The monoisotopic (exact) mass is 318 g/mol. The van der Waals surface area contributed by atoms with Gasteiger partial charge in [-0.05, 0) is 36.4 Å². The molecule has 2 N–H and O–H groups in total. The van der Waals surface area contributed by atoms with Crippen LogP contribution in [0.4, 0.5) is 5.69 Å². The Morgan fingerprint density at radius 1 is 1.16 bits per heavy atom. The van der Waals surface area contributed by atoms with Crippen molar-refractivity contribution in [2.45, 2.75) is 6.61 Å². The Kier molecular flexibility index (Phi) is 3.08. The second-order valence-electron chi connectivity index (χ2n) is 4.02. The fourth-order valence-corrected chi connectivity index (χ4v) is 2.03. The van der Waals surface area contributed by atoms with Crippen LogP contribution in [0.25, 0.3) is 5.65 Å². The third-order valence-electron chi connectivity index (χ3n) is 2.72. The molecule has 2 aromatic heterocycles. The highest BCUT2D eigenvalue weighted by Gasteiger charge is 2.07. The molecule has 0 aliphatic carbocycles. The number of fused-ring (bicyclic) bond motifs is 1. The summed E-state index contributed by atoms with van der Waals surface area (Å²) in [5.41, 5.74) is 7.08. The number of benzene rings is 1. The standard InChI is InChI=1S/C13H11BrN4O/c14-9-3-5-10(6-4-9)19-8-12-16-17-13-11(15)2-1-7-18(12)13/h1-7H,8,15H2. The first-order chi connectivity index (χ1) is 9.24. The van der Waals surface area contributed by atoms with Gasteiger partial charge in [0.1, 0.15) is 12.4 Å². The third kappa shape index (κ3) is 2.39. The minimum atomic E-state index is 0.340. The number of nitrogen functional groups attached to an aromatic ring is 1. The van der Waals surface area contributed by atoms with Crippen LogP contribution in [0.1, 0.15) is 5.82 Å². The minimum Gasteiger partial charge on any atom is -0.486 e. The average Bonchev–Trinajstić information content (AvgIpc) is 2.83. The molecule has 5 nitrogen and oxygen atoms in total. The van der Waals surface area contributed by atoms with Gasteiger partial charge >= 0.3 is 0 Å². The van der Waals surface area contributed by atoms with Crippen LogP contribution in [-0.2, 0) is 6.61 Å². The van der Waals surface area contributed by atoms with Gasteiger partial charge in [0, 0.05) is 10.7 Å². The number of aromatic nitrogens is 3. The summed E-state index contributed by atoms with van der Waals surface area (Å²) in [5, 5.41) is 8.13. The van der Waals surface area contributed by atoms with Crippen LogP contribution in [0.15, 0.2) is 47.1 Å². The van der Waals surface area contributed by atoms with Crippen molar-refractivity contribution >= 4 is 27.3 Å². The lowest BCUT2D eigenvalue weighted by Crippen LogP contribution is -2.01. The molecule has 3 aromatic rings. The van der Waals surface area contributed by atoms with Crippen LogP contribution in [0, 0.1) is 0 Å². The van der Waals surface area contributed by atoms with Crippen molar-refractivity contribution < 1.29 is 4.74 Å². The highest BCUT2D eigenvalue weighted by molar-refractivity contribution is 9.10. The van der Waals surface area contributed by atoms with Gasteiger partial charge in [-0.2, -0.15) is 0 Å². The third-order valence-corrected chi connectivity index (χ3v) is 3.25. The topological polar surface area (TPSA) is 65.4 Å². The first-order valence-corrected chi connectivity index (χ1v) is 6.50. The van der Waals surface area contributed by atoms with Crippen molar-refractivity contribution in [1.82, 2.24) is 14.6 Å². The Labute approximate surface area is 118 Å². The highest BCUT2D eigenvalue weighted by Crippen LogP contribution is 2.18. The summed E-state index contributed by atoms with van der Waals surface area (Å²) in [4.78, 5) is 0. The summed E-state index contributed by atoms with van der Waals surface area (Å²) in [6.45, 7) is 0.340. The van der Waals surface area contributed by atoms with Crippen LogP contribution in [-0.4, -0.2) is 14.6 Å². The van der Waals surface area contributed by atoms with E-state index < -0.39 is 0 Å². The summed E-state index contributed by atoms with van der Waals surface area (Å²) in [5.74, 6) is 1.49. The van der Waals surface area contributed by atoms with E-state index in [0.29, 0.717) is 23.8 Å². The minimum absolute atomic E-state index is 0.340. The molecule has 0 spiro atoms. The average molecular weight is 319 g/mol. The molecule has 0 aliphatic heterocycles. The fraction of sp³-hybridized carbons (Fsp3) is 0.0769. The van der Waals surface area contributed by atoms with E-state index in [4.69, 9.17) is 10.5 Å². The van der Waals surface area contributed by atoms with Gasteiger partial charge in [-0.3, -0.25) is 4.40 Å². The van der Waals surface area contributed by atoms with Crippen LogP contribution < -0.4 is 10.5 Å². The molecule has 0 atom stereocenters. The maximum absolute atomic E-state index is 5.82. The molecule has 6 heteroatoms. The molecule has 3 rings (SSSR count). The Morgan fingerprint density at radius 2 is 1.95 bits per heavy atom. The molecule has 0 aliphatic rings. The summed E-state index contributed by atoms with van der Waals surface area (Å²) in [6, 6.07) is 11.3. The lowest BCUT2D eigenvalue weighted by Gasteiger charge is -2.05. The Balaban J connectivity index is 1.82. The van der Waals surface area contributed by atoms with Gasteiger partial charge in [0.2, 0.25) is 0 Å². The van der Waals surface area contributed by atoms with E-state index in [1.165, 1.54) is 0 Å². The molecule has 0 saturated carbocycles. The Morgan fingerprint density at radius 3 is 2.74 bits per heavy atom. The van der Waals surface area contributed by atoms with Gasteiger partial charge in [0.05, 0.1) is 5.69 Å². The zero-order chi connectivity index (χ0) is 13.2. The number of nitrogens with zero attached hydrogens (tertiary/aromatic N) is 3. The molecule has 19 heavy (non-hydrogen) atoms. The van der Waals surface area contributed by atoms with Gasteiger partial charge in [0.15, 0.2) is 11.5 Å². The summed E-state index contributed by atoms with van der Waals surface area (Å²) in [7, 11) is 0. The second kappa shape index (κ2) is 4.89. The SMILES string of the molecule is Nc1cccn2c(COc3ccc(Br)cc3)nnc12. The molecular weight excluding hydrogens is 308 g/mol. The van der Waals surface area contributed by atoms with Crippen molar-refractivity contribution in [1.29, 1.82) is 0 Å². The van der Waals surface area contributed by atoms with Crippen molar-refractivity contribution in [2.75, 3.05) is 5.73 Å². The first-order valence-electron chi connectivity index (χ1n) is 5.70. The predicted molar refractivity (Wildman–Crippen MR) is 75.9 cm³/mol. The van der Waals surface area contributed by atoms with Crippen LogP contribution in [0.3, 0.4) is 0 Å². The molecular formula is C13H11BrN4O. The highest BCUT2D eigenvalue weighted by atomic mass is 79.9. The number of rotatable bonds is 3. The van der Waals surface area contributed by atoms with Crippen LogP contribution in [0.5, 0.6) is 5.75 Å². The molecule has 2 heterocycles. The number of hydrogen-bond donors (Lipinski definition) is 1. The molecule has 0 saturated heterocycles. The number of ether oxygens (including phenoxy) is 1. The first kappa shape index (κ1) is 12.0. The van der Waals surface area contributed by atoms with Gasteiger partial charge in [0.25, 0.3) is 0 Å². The van der Waals surface area contributed by atoms with E-state index >= 15 is 0 Å². The van der Waals surface area contributed by atoms with Crippen molar-refractivity contribution in [2.24, 2.45) is 0 Å². The number of nitrogens with two attached hydrogens (primary N) is 1. The van der Waals surface area contributed by atoms with E-state index in [1.54, 1.807) is 6.07 Å². The number of hydrogen-bond acceptors (Lipinski definition) is 4. The number of pyridine rings is 1. The van der Waals surface area contributed by atoms with Crippen LogP contribution in [0.2, 0.25) is 0 Å². The Hall–Kier alpha value is -2.08. The number of anilines is 1. The molecule has 0 unspecified atom stereocenters. The summed E-state index contributed by atoms with van der Waals surface area (Å²) in [6.07, 6.45) is 1.87. The second-order valence-corrected chi connectivity index (χ2v) is 4.93. The van der Waals surface area contributed by atoms with E-state index in [-0.39, 0.29) is 0 Å². The zero-order valence-electron chi connectivity index (χ0n) is 9.95. The van der Waals surface area contributed by atoms with Gasteiger partial charge in [-0.1, -0.05) is 15.9 Å². The maximum atomic E-state index is 5.82. The van der Waals surface area contributed by atoms with Gasteiger partial charge in [-0.15, -0.1) is 10.2 Å². The number of halogens is 1. The van der Waals surface area contributed by atoms with Crippen molar-refractivity contribution in [3.63, 3.8) is 0 Å². The molecule has 0 amide bonds. The Bertz CT molecular complexity index is 708. The molecule has 0 fully saturated rings. The normalized spacial score (nSPS) is 10.8. The van der Waals surface area contributed by atoms with E-state index in [2.05, 4.69) is 26.1 Å². The molecule has 1 aromatic carbocycles. The molecule has 0 bridgehead atoms.